The van der Waals surface area contributed by atoms with Crippen LogP contribution in [0, 0.1) is 5.41 Å². The molecule has 0 aromatic heterocycles. The first-order chi connectivity index (χ1) is 8.37. The van der Waals surface area contributed by atoms with Gasteiger partial charge in [-0.05, 0) is 57.8 Å². The molecule has 108 valence electrons. The molecule has 5 nitrogen and oxygen atoms in total. The highest BCUT2D eigenvalue weighted by Crippen LogP contribution is 2.29. The van der Waals surface area contributed by atoms with Crippen molar-refractivity contribution in [2.75, 3.05) is 39.0 Å². The monoisotopic (exact) mass is 277 g/mol. The van der Waals surface area contributed by atoms with Crippen molar-refractivity contribution in [3.05, 3.63) is 0 Å². The third kappa shape index (κ3) is 5.65. The molecule has 1 aliphatic rings. The van der Waals surface area contributed by atoms with Gasteiger partial charge in [-0.15, -0.1) is 0 Å². The van der Waals surface area contributed by atoms with E-state index in [0.717, 1.165) is 32.4 Å². The Morgan fingerprint density at radius 3 is 2.44 bits per heavy atom. The maximum atomic E-state index is 11.8. The smallest absolute Gasteiger partial charge is 0.211 e. The van der Waals surface area contributed by atoms with E-state index in [0.29, 0.717) is 19.5 Å². The van der Waals surface area contributed by atoms with Crippen LogP contribution in [0.1, 0.15) is 32.6 Å². The molecule has 0 aromatic carbocycles. The molecule has 0 spiro atoms. The standard InChI is InChI=1S/C12H27N3O2S/c1-12(5-8-15(2)9-6-12)11-14-18(16,17)10-4-3-7-13/h14H,3-11,13H2,1-2H3. The Morgan fingerprint density at radius 2 is 1.89 bits per heavy atom. The SMILES string of the molecule is CN1CCC(C)(CNS(=O)(=O)CCCCN)CC1. The quantitative estimate of drug-likeness (QED) is 0.660. The second-order valence-electron chi connectivity index (χ2n) is 5.75. The van der Waals surface area contributed by atoms with Gasteiger partial charge in [-0.1, -0.05) is 6.92 Å². The van der Waals surface area contributed by atoms with Crippen LogP contribution in [0.2, 0.25) is 0 Å². The maximum Gasteiger partial charge on any atom is 0.211 e. The largest absolute Gasteiger partial charge is 0.330 e. The van der Waals surface area contributed by atoms with Gasteiger partial charge in [-0.3, -0.25) is 0 Å². The van der Waals surface area contributed by atoms with Crippen LogP contribution in [-0.4, -0.2) is 52.3 Å². The van der Waals surface area contributed by atoms with Gasteiger partial charge in [-0.25, -0.2) is 13.1 Å². The molecule has 18 heavy (non-hydrogen) atoms. The van der Waals surface area contributed by atoms with Gasteiger partial charge in [0.05, 0.1) is 5.75 Å². The molecule has 1 heterocycles. The van der Waals surface area contributed by atoms with E-state index in [1.54, 1.807) is 0 Å². The van der Waals surface area contributed by atoms with E-state index in [1.807, 2.05) is 0 Å². The molecule has 0 aromatic rings. The fourth-order valence-electron chi connectivity index (χ4n) is 2.13. The predicted octanol–water partition coefficient (Wildman–Crippen LogP) is 0.377. The van der Waals surface area contributed by atoms with E-state index in [2.05, 4.69) is 23.6 Å². The Labute approximate surface area is 111 Å². The van der Waals surface area contributed by atoms with Crippen LogP contribution in [0.4, 0.5) is 0 Å². The van der Waals surface area contributed by atoms with Crippen molar-refractivity contribution in [2.45, 2.75) is 32.6 Å². The minimum Gasteiger partial charge on any atom is -0.330 e. The molecule has 3 N–H and O–H groups in total. The molecule has 1 fully saturated rings. The van der Waals surface area contributed by atoms with Crippen molar-refractivity contribution in [3.8, 4) is 0 Å². The summed E-state index contributed by atoms with van der Waals surface area (Å²) in [6, 6.07) is 0. The second-order valence-corrected chi connectivity index (χ2v) is 7.68. The van der Waals surface area contributed by atoms with Gasteiger partial charge < -0.3 is 10.6 Å². The number of nitrogens with two attached hydrogens (primary N) is 1. The number of hydrogen-bond acceptors (Lipinski definition) is 4. The van der Waals surface area contributed by atoms with E-state index >= 15 is 0 Å². The molecule has 1 aliphatic heterocycles. The topological polar surface area (TPSA) is 75.4 Å². The van der Waals surface area contributed by atoms with Crippen LogP contribution in [0.3, 0.4) is 0 Å². The molecule has 1 saturated heterocycles. The molecular formula is C12H27N3O2S. The molecule has 6 heteroatoms. The second kappa shape index (κ2) is 6.84. The fraction of sp³-hybridized carbons (Fsp3) is 1.00. The summed E-state index contributed by atoms with van der Waals surface area (Å²) >= 11 is 0. The van der Waals surface area contributed by atoms with Gasteiger partial charge in [-0.2, -0.15) is 0 Å². The molecular weight excluding hydrogens is 250 g/mol. The third-order valence-corrected chi connectivity index (χ3v) is 5.19. The van der Waals surface area contributed by atoms with Crippen molar-refractivity contribution >= 4 is 10.0 Å². The molecule has 0 amide bonds. The van der Waals surface area contributed by atoms with Gasteiger partial charge in [0.2, 0.25) is 10.0 Å². The van der Waals surface area contributed by atoms with Crippen LogP contribution < -0.4 is 10.5 Å². The number of nitrogens with one attached hydrogen (secondary N) is 1. The number of sulfonamides is 1. The van der Waals surface area contributed by atoms with Gasteiger partial charge >= 0.3 is 0 Å². The highest BCUT2D eigenvalue weighted by atomic mass is 32.2. The molecule has 0 atom stereocenters. The van der Waals surface area contributed by atoms with Crippen molar-refractivity contribution in [2.24, 2.45) is 11.1 Å². The molecule has 0 saturated carbocycles. The minimum absolute atomic E-state index is 0.105. The molecule has 0 unspecified atom stereocenters. The van der Waals surface area contributed by atoms with E-state index in [-0.39, 0.29) is 11.2 Å². The maximum absolute atomic E-state index is 11.8. The molecule has 0 aliphatic carbocycles. The first-order valence-electron chi connectivity index (χ1n) is 6.73. The van der Waals surface area contributed by atoms with Gasteiger partial charge in [0.25, 0.3) is 0 Å². The van der Waals surface area contributed by atoms with E-state index in [1.165, 1.54) is 0 Å². The summed E-state index contributed by atoms with van der Waals surface area (Å²) in [5.74, 6) is 0.195. The van der Waals surface area contributed by atoms with Crippen LogP contribution in [0.5, 0.6) is 0 Å². The lowest BCUT2D eigenvalue weighted by Crippen LogP contribution is -2.43. The Balaban J connectivity index is 2.34. The molecule has 1 rings (SSSR count). The highest BCUT2D eigenvalue weighted by Gasteiger charge is 2.29. The summed E-state index contributed by atoms with van der Waals surface area (Å²) in [6.07, 6.45) is 3.51. The normalized spacial score (nSPS) is 21.1. The summed E-state index contributed by atoms with van der Waals surface area (Å²) < 4.78 is 26.3. The van der Waals surface area contributed by atoms with Crippen molar-refractivity contribution in [1.29, 1.82) is 0 Å². The molecule has 0 bridgehead atoms. The third-order valence-electron chi connectivity index (χ3n) is 3.78. The number of piperidine rings is 1. The van der Waals surface area contributed by atoms with Gasteiger partial charge in [0, 0.05) is 6.54 Å². The van der Waals surface area contributed by atoms with Crippen LogP contribution >= 0.6 is 0 Å². The summed E-state index contributed by atoms with van der Waals surface area (Å²) in [4.78, 5) is 2.29. The first kappa shape index (κ1) is 15.9. The Morgan fingerprint density at radius 1 is 1.28 bits per heavy atom. The summed E-state index contributed by atoms with van der Waals surface area (Å²) in [5.41, 5.74) is 5.47. The Bertz CT molecular complexity index is 335. The fourth-order valence-corrected chi connectivity index (χ4v) is 3.42. The minimum atomic E-state index is -3.12. The highest BCUT2D eigenvalue weighted by molar-refractivity contribution is 7.89. The first-order valence-corrected chi connectivity index (χ1v) is 8.38. The van der Waals surface area contributed by atoms with E-state index in [9.17, 15) is 8.42 Å². The average molecular weight is 277 g/mol. The zero-order chi connectivity index (χ0) is 13.6. The Kier molecular flexibility index (Phi) is 6.04. The lowest BCUT2D eigenvalue weighted by Gasteiger charge is -2.37. The predicted molar refractivity (Wildman–Crippen MR) is 74.9 cm³/mol. The average Bonchev–Trinajstić information content (AvgIpc) is 2.32. The van der Waals surface area contributed by atoms with E-state index in [4.69, 9.17) is 5.73 Å². The van der Waals surface area contributed by atoms with Crippen molar-refractivity contribution in [1.82, 2.24) is 9.62 Å². The summed E-state index contributed by atoms with van der Waals surface area (Å²) in [5, 5.41) is 0. The lowest BCUT2D eigenvalue weighted by atomic mass is 9.81. The van der Waals surface area contributed by atoms with Gasteiger partial charge in [0.15, 0.2) is 0 Å². The summed E-state index contributed by atoms with van der Waals surface area (Å²) in [6.45, 7) is 5.38. The summed E-state index contributed by atoms with van der Waals surface area (Å²) in [7, 11) is -1.02. The number of likely N-dealkylation sites (tertiary alicyclic amines) is 1. The lowest BCUT2D eigenvalue weighted by molar-refractivity contribution is 0.143. The van der Waals surface area contributed by atoms with Gasteiger partial charge in [0.1, 0.15) is 0 Å². The van der Waals surface area contributed by atoms with Crippen molar-refractivity contribution in [3.63, 3.8) is 0 Å². The molecule has 0 radical (unpaired) electrons. The zero-order valence-corrected chi connectivity index (χ0v) is 12.4. The van der Waals surface area contributed by atoms with Crippen LogP contribution in [0.25, 0.3) is 0 Å². The zero-order valence-electron chi connectivity index (χ0n) is 11.6. The number of unbranched alkanes of at least 4 members (excludes halogenated alkanes) is 1. The Hall–Kier alpha value is -0.170. The van der Waals surface area contributed by atoms with Crippen molar-refractivity contribution < 1.29 is 8.42 Å². The van der Waals surface area contributed by atoms with E-state index < -0.39 is 10.0 Å². The number of hydrogen-bond donors (Lipinski definition) is 2. The van der Waals surface area contributed by atoms with Crippen LogP contribution in [-0.2, 0) is 10.0 Å². The number of rotatable bonds is 7. The number of nitrogens with zero attached hydrogens (tertiary/aromatic N) is 1. The van der Waals surface area contributed by atoms with Crippen LogP contribution in [0.15, 0.2) is 0 Å².